The Balaban J connectivity index is 1.21. The Hall–Kier alpha value is -6.77. The van der Waals surface area contributed by atoms with Crippen molar-refractivity contribution in [3.05, 3.63) is 206 Å². The molecule has 1 aromatic heterocycles. The third-order valence-electron chi connectivity index (χ3n) is 9.98. The number of fused-ring (bicyclic) bond motifs is 3. The zero-order valence-electron chi connectivity index (χ0n) is 28.9. The van der Waals surface area contributed by atoms with Gasteiger partial charge < -0.3 is 4.90 Å². The molecule has 246 valence electrons. The number of benzene rings is 8. The number of hydrogen-bond donors (Lipinski definition) is 0. The highest BCUT2D eigenvalue weighted by atomic mass is 15.1. The summed E-state index contributed by atoms with van der Waals surface area (Å²) in [6.45, 7) is 2.21. The van der Waals surface area contributed by atoms with Crippen molar-refractivity contribution >= 4 is 38.7 Å². The van der Waals surface area contributed by atoms with Crippen LogP contribution in [0.4, 0.5) is 17.1 Å². The Morgan fingerprint density at radius 1 is 0.365 bits per heavy atom. The van der Waals surface area contributed by atoms with E-state index in [1.165, 1.54) is 50.1 Å². The molecule has 52 heavy (non-hydrogen) atoms. The molecule has 8 aromatic carbocycles. The first-order chi connectivity index (χ1) is 25.7. The quantitative estimate of drug-likeness (QED) is 0.158. The zero-order valence-corrected chi connectivity index (χ0v) is 28.9. The van der Waals surface area contributed by atoms with E-state index in [1.807, 2.05) is 12.3 Å². The van der Waals surface area contributed by atoms with Crippen molar-refractivity contribution in [2.75, 3.05) is 4.90 Å². The number of aryl methyl sites for hydroxylation is 1. The molecule has 0 saturated carbocycles. The predicted octanol–water partition coefficient (Wildman–Crippen LogP) is 13.8. The molecule has 0 saturated heterocycles. The maximum atomic E-state index is 4.91. The number of nitrogens with zero attached hydrogens (tertiary/aromatic N) is 2. The fourth-order valence-electron chi connectivity index (χ4n) is 7.40. The average Bonchev–Trinajstić information content (AvgIpc) is 3.22. The van der Waals surface area contributed by atoms with Crippen molar-refractivity contribution in [1.29, 1.82) is 0 Å². The van der Waals surface area contributed by atoms with Gasteiger partial charge in [-0.15, -0.1) is 0 Å². The van der Waals surface area contributed by atoms with E-state index in [1.54, 1.807) is 0 Å². The second-order valence-corrected chi connectivity index (χ2v) is 13.3. The van der Waals surface area contributed by atoms with Gasteiger partial charge in [-0.2, -0.15) is 0 Å². The predicted molar refractivity (Wildman–Crippen MR) is 220 cm³/mol. The molecule has 0 spiro atoms. The molecule has 2 nitrogen and oxygen atoms in total. The molecule has 9 rings (SSSR count). The molecule has 0 radical (unpaired) electrons. The Morgan fingerprint density at radius 2 is 0.885 bits per heavy atom. The van der Waals surface area contributed by atoms with Crippen LogP contribution in [0.25, 0.3) is 66.2 Å². The summed E-state index contributed by atoms with van der Waals surface area (Å²) in [5.41, 5.74) is 15.1. The summed E-state index contributed by atoms with van der Waals surface area (Å²) in [5.74, 6) is 0. The fourth-order valence-corrected chi connectivity index (χ4v) is 7.40. The van der Waals surface area contributed by atoms with E-state index in [2.05, 4.69) is 200 Å². The highest BCUT2D eigenvalue weighted by Gasteiger charge is 2.20. The summed E-state index contributed by atoms with van der Waals surface area (Å²) >= 11 is 0. The van der Waals surface area contributed by atoms with Gasteiger partial charge in [0.15, 0.2) is 0 Å². The molecule has 0 amide bonds. The van der Waals surface area contributed by atoms with Crippen LogP contribution in [0.1, 0.15) is 5.56 Å². The number of rotatable bonds is 7. The van der Waals surface area contributed by atoms with E-state index in [-0.39, 0.29) is 0 Å². The van der Waals surface area contributed by atoms with E-state index in [0.29, 0.717) is 0 Å². The van der Waals surface area contributed by atoms with E-state index >= 15 is 0 Å². The van der Waals surface area contributed by atoms with Gasteiger partial charge in [-0.25, -0.2) is 0 Å². The SMILES string of the molecule is Cc1cc(-c2ccccc2)ccc1N(c1ccc(-c2cc(-c3ccccc3)cc(-c3ccccc3)c2)cc1)c1cccc2ccc3cccnc3c12. The summed E-state index contributed by atoms with van der Waals surface area (Å²) in [7, 11) is 0. The summed E-state index contributed by atoms with van der Waals surface area (Å²) in [6, 6.07) is 69.7. The highest BCUT2D eigenvalue weighted by molar-refractivity contribution is 6.13. The van der Waals surface area contributed by atoms with Crippen LogP contribution in [0.5, 0.6) is 0 Å². The number of anilines is 3. The van der Waals surface area contributed by atoms with E-state index < -0.39 is 0 Å². The van der Waals surface area contributed by atoms with Crippen LogP contribution in [0, 0.1) is 6.92 Å². The van der Waals surface area contributed by atoms with Gasteiger partial charge in [0.25, 0.3) is 0 Å². The van der Waals surface area contributed by atoms with Crippen molar-refractivity contribution in [1.82, 2.24) is 4.98 Å². The van der Waals surface area contributed by atoms with Crippen molar-refractivity contribution in [2.24, 2.45) is 0 Å². The minimum atomic E-state index is 1.00. The van der Waals surface area contributed by atoms with Gasteiger partial charge in [-0.1, -0.05) is 140 Å². The molecule has 9 aromatic rings. The lowest BCUT2D eigenvalue weighted by atomic mass is 9.93. The van der Waals surface area contributed by atoms with Crippen molar-refractivity contribution in [3.8, 4) is 44.5 Å². The monoisotopic (exact) mass is 664 g/mol. The largest absolute Gasteiger partial charge is 0.310 e. The lowest BCUT2D eigenvalue weighted by Crippen LogP contribution is -2.12. The van der Waals surface area contributed by atoms with E-state index in [4.69, 9.17) is 4.98 Å². The average molecular weight is 665 g/mol. The molecule has 0 aliphatic heterocycles. The Kier molecular flexibility index (Phi) is 8.11. The minimum Gasteiger partial charge on any atom is -0.310 e. The van der Waals surface area contributed by atoms with Gasteiger partial charge in [0.05, 0.1) is 11.2 Å². The lowest BCUT2D eigenvalue weighted by Gasteiger charge is -2.29. The van der Waals surface area contributed by atoms with Gasteiger partial charge >= 0.3 is 0 Å². The summed E-state index contributed by atoms with van der Waals surface area (Å²) in [4.78, 5) is 7.31. The summed E-state index contributed by atoms with van der Waals surface area (Å²) < 4.78 is 0. The lowest BCUT2D eigenvalue weighted by molar-refractivity contribution is 1.26. The van der Waals surface area contributed by atoms with Crippen LogP contribution in [-0.2, 0) is 0 Å². The third kappa shape index (κ3) is 5.91. The number of pyridine rings is 1. The van der Waals surface area contributed by atoms with Crippen LogP contribution in [0.15, 0.2) is 200 Å². The molecule has 2 heteroatoms. The molecule has 1 heterocycles. The topological polar surface area (TPSA) is 16.1 Å². The zero-order chi connectivity index (χ0) is 34.9. The second kappa shape index (κ2) is 13.5. The molecule has 0 aliphatic rings. The van der Waals surface area contributed by atoms with Crippen LogP contribution in [0.2, 0.25) is 0 Å². The van der Waals surface area contributed by atoms with Gasteiger partial charge in [0.2, 0.25) is 0 Å². The Labute approximate surface area is 304 Å². The van der Waals surface area contributed by atoms with E-state index in [9.17, 15) is 0 Å². The first-order valence-corrected chi connectivity index (χ1v) is 17.8. The molecule has 0 atom stereocenters. The maximum absolute atomic E-state index is 4.91. The molecular weight excluding hydrogens is 629 g/mol. The van der Waals surface area contributed by atoms with Crippen molar-refractivity contribution < 1.29 is 0 Å². The van der Waals surface area contributed by atoms with Crippen LogP contribution >= 0.6 is 0 Å². The summed E-state index contributed by atoms with van der Waals surface area (Å²) in [5, 5.41) is 3.43. The van der Waals surface area contributed by atoms with Crippen molar-refractivity contribution in [2.45, 2.75) is 6.92 Å². The Morgan fingerprint density at radius 3 is 1.48 bits per heavy atom. The van der Waals surface area contributed by atoms with Gasteiger partial charge in [-0.3, -0.25) is 4.98 Å². The third-order valence-corrected chi connectivity index (χ3v) is 9.98. The summed E-state index contributed by atoms with van der Waals surface area (Å²) in [6.07, 6.45) is 1.89. The number of hydrogen-bond acceptors (Lipinski definition) is 2. The normalized spacial score (nSPS) is 11.2. The molecular formula is C50H36N2. The first kappa shape index (κ1) is 31.2. The maximum Gasteiger partial charge on any atom is 0.0801 e. The molecule has 0 bridgehead atoms. The molecule has 0 fully saturated rings. The van der Waals surface area contributed by atoms with Crippen LogP contribution < -0.4 is 4.90 Å². The van der Waals surface area contributed by atoms with Gasteiger partial charge in [0.1, 0.15) is 0 Å². The number of aromatic nitrogens is 1. The molecule has 0 N–H and O–H groups in total. The van der Waals surface area contributed by atoms with Crippen LogP contribution in [0.3, 0.4) is 0 Å². The smallest absolute Gasteiger partial charge is 0.0801 e. The molecule has 0 unspecified atom stereocenters. The first-order valence-electron chi connectivity index (χ1n) is 17.8. The standard InChI is InChI=1S/C50H36N2/c1-35-31-42(36-13-5-2-6-14-36)26-29-47(35)52(48-21-11-19-40-22-23-41-20-12-30-51-50(41)49(40)48)46-27-24-39(25-28-46)45-33-43(37-15-7-3-8-16-37)32-44(34-45)38-17-9-4-10-18-38/h2-34H,1H3. The van der Waals surface area contributed by atoms with E-state index in [0.717, 1.165) is 38.7 Å². The van der Waals surface area contributed by atoms with Crippen LogP contribution in [-0.4, -0.2) is 4.98 Å². The fraction of sp³-hybridized carbons (Fsp3) is 0.0200. The Bertz CT molecular complexity index is 2610. The highest BCUT2D eigenvalue weighted by Crippen LogP contribution is 2.44. The van der Waals surface area contributed by atoms with Crippen molar-refractivity contribution in [3.63, 3.8) is 0 Å². The van der Waals surface area contributed by atoms with Gasteiger partial charge in [0, 0.05) is 28.3 Å². The molecule has 0 aliphatic carbocycles. The van der Waals surface area contributed by atoms with Gasteiger partial charge in [-0.05, 0) is 117 Å². The second-order valence-electron chi connectivity index (χ2n) is 13.3. The minimum absolute atomic E-state index is 1.00.